The Hall–Kier alpha value is -2.25. The summed E-state index contributed by atoms with van der Waals surface area (Å²) in [6.07, 6.45) is 2.97. The largest absolute Gasteiger partial charge is 0.495 e. The highest BCUT2D eigenvalue weighted by atomic mass is 35.5. The van der Waals surface area contributed by atoms with Crippen LogP contribution in [0, 0.1) is 11.8 Å². The maximum absolute atomic E-state index is 13.0. The summed E-state index contributed by atoms with van der Waals surface area (Å²) in [5.74, 6) is -2.15. The van der Waals surface area contributed by atoms with Gasteiger partial charge in [-0.05, 0) is 6.07 Å². The molecule has 25 heavy (non-hydrogen) atoms. The molecule has 0 aromatic heterocycles. The number of amides is 1. The van der Waals surface area contributed by atoms with Gasteiger partial charge in [0.1, 0.15) is 23.0 Å². The Morgan fingerprint density at radius 2 is 2.08 bits per heavy atom. The van der Waals surface area contributed by atoms with Crippen LogP contribution >= 0.6 is 11.6 Å². The number of nitrogens with zero attached hydrogens (tertiary/aromatic N) is 1. The first-order valence-electron chi connectivity index (χ1n) is 7.75. The molecule has 2 fully saturated rings. The van der Waals surface area contributed by atoms with Crippen molar-refractivity contribution < 1.29 is 28.9 Å². The standard InChI is InChI=1S/C17H16ClNO6/c1-23-11-6-12(24-2)9(5-8(11)18)19-7-17-4-3-10(25-17)13(16(21)22)14(17)15(19)20/h3-6,10,13-14H,7H2,1-2H3,(H,21,22)/t10-,13+,14-,17-/m1/s1. The van der Waals surface area contributed by atoms with Gasteiger partial charge in [-0.25, -0.2) is 0 Å². The highest BCUT2D eigenvalue weighted by molar-refractivity contribution is 6.32. The molecule has 7 nitrogen and oxygen atoms in total. The first-order chi connectivity index (χ1) is 11.9. The summed E-state index contributed by atoms with van der Waals surface area (Å²) in [5.41, 5.74) is -0.450. The molecule has 2 saturated heterocycles. The molecule has 1 amide bonds. The van der Waals surface area contributed by atoms with Gasteiger partial charge in [0.15, 0.2) is 0 Å². The van der Waals surface area contributed by atoms with Gasteiger partial charge in [0.25, 0.3) is 0 Å². The third-order valence-electron chi connectivity index (χ3n) is 5.13. The van der Waals surface area contributed by atoms with E-state index in [0.717, 1.165) is 0 Å². The van der Waals surface area contributed by atoms with Crippen LogP contribution in [-0.4, -0.2) is 49.5 Å². The van der Waals surface area contributed by atoms with Crippen LogP contribution in [0.25, 0.3) is 0 Å². The molecule has 1 N–H and O–H groups in total. The topological polar surface area (TPSA) is 85.3 Å². The SMILES string of the molecule is COc1cc(OC)c(N2C[C@@]34C=C[C@@H](O3)[C@H](C(=O)O)[C@@H]4C2=O)cc1Cl. The molecule has 0 unspecified atom stereocenters. The van der Waals surface area contributed by atoms with E-state index in [0.29, 0.717) is 22.2 Å². The van der Waals surface area contributed by atoms with Crippen molar-refractivity contribution in [2.45, 2.75) is 11.7 Å². The lowest BCUT2D eigenvalue weighted by Gasteiger charge is -2.23. The average molecular weight is 366 g/mol. The highest BCUT2D eigenvalue weighted by Crippen LogP contribution is 2.54. The quantitative estimate of drug-likeness (QED) is 0.818. The van der Waals surface area contributed by atoms with E-state index < -0.39 is 29.5 Å². The Labute approximate surface area is 148 Å². The second-order valence-corrected chi connectivity index (χ2v) is 6.73. The Kier molecular flexibility index (Phi) is 3.49. The lowest BCUT2D eigenvalue weighted by Crippen LogP contribution is -2.39. The zero-order chi connectivity index (χ0) is 17.9. The molecule has 3 heterocycles. The van der Waals surface area contributed by atoms with Crippen LogP contribution in [0.15, 0.2) is 24.3 Å². The molecule has 0 aliphatic carbocycles. The molecule has 0 saturated carbocycles. The van der Waals surface area contributed by atoms with Crippen molar-refractivity contribution in [3.63, 3.8) is 0 Å². The number of benzene rings is 1. The molecule has 132 valence electrons. The molecule has 3 aliphatic heterocycles. The van der Waals surface area contributed by atoms with Gasteiger partial charge < -0.3 is 24.2 Å². The smallest absolute Gasteiger partial charge is 0.310 e. The number of carbonyl (C=O) groups excluding carboxylic acids is 1. The summed E-state index contributed by atoms with van der Waals surface area (Å²) < 4.78 is 16.4. The van der Waals surface area contributed by atoms with Gasteiger partial charge >= 0.3 is 5.97 Å². The highest BCUT2D eigenvalue weighted by Gasteiger charge is 2.67. The summed E-state index contributed by atoms with van der Waals surface area (Å²) in [4.78, 5) is 26.2. The van der Waals surface area contributed by atoms with Crippen molar-refractivity contribution in [2.24, 2.45) is 11.8 Å². The van der Waals surface area contributed by atoms with E-state index in [-0.39, 0.29) is 12.5 Å². The first-order valence-corrected chi connectivity index (χ1v) is 8.12. The maximum atomic E-state index is 13.0. The minimum absolute atomic E-state index is 0.215. The van der Waals surface area contributed by atoms with E-state index in [9.17, 15) is 14.7 Å². The van der Waals surface area contributed by atoms with E-state index in [4.69, 9.17) is 25.8 Å². The van der Waals surface area contributed by atoms with Crippen LogP contribution in [0.2, 0.25) is 5.02 Å². The number of carboxylic acids is 1. The molecule has 1 aromatic rings. The minimum atomic E-state index is -1.03. The van der Waals surface area contributed by atoms with Gasteiger partial charge in [0.2, 0.25) is 5.91 Å². The fourth-order valence-corrected chi connectivity index (χ4v) is 4.27. The van der Waals surface area contributed by atoms with E-state index >= 15 is 0 Å². The molecular weight excluding hydrogens is 350 g/mol. The second-order valence-electron chi connectivity index (χ2n) is 6.32. The second kappa shape index (κ2) is 5.37. The fraction of sp³-hybridized carbons (Fsp3) is 0.412. The van der Waals surface area contributed by atoms with Crippen molar-refractivity contribution >= 4 is 29.2 Å². The predicted molar refractivity (Wildman–Crippen MR) is 88.3 cm³/mol. The number of aliphatic carboxylic acids is 1. The summed E-state index contributed by atoms with van der Waals surface area (Å²) in [5, 5.41) is 9.85. The monoisotopic (exact) mass is 365 g/mol. The van der Waals surface area contributed by atoms with Crippen molar-refractivity contribution in [2.75, 3.05) is 25.7 Å². The van der Waals surface area contributed by atoms with Crippen molar-refractivity contribution in [3.8, 4) is 11.5 Å². The molecule has 1 spiro atoms. The zero-order valence-corrected chi connectivity index (χ0v) is 14.3. The summed E-state index contributed by atoms with van der Waals surface area (Å²) in [7, 11) is 2.97. The Morgan fingerprint density at radius 1 is 1.36 bits per heavy atom. The molecular formula is C17H16ClNO6. The number of halogens is 1. The summed E-state index contributed by atoms with van der Waals surface area (Å²) in [6, 6.07) is 3.18. The molecule has 4 atom stereocenters. The van der Waals surface area contributed by atoms with E-state index in [1.165, 1.54) is 19.1 Å². The minimum Gasteiger partial charge on any atom is -0.495 e. The van der Waals surface area contributed by atoms with E-state index in [2.05, 4.69) is 0 Å². The van der Waals surface area contributed by atoms with Crippen LogP contribution in [0.5, 0.6) is 11.5 Å². The lowest BCUT2D eigenvalue weighted by atomic mass is 9.77. The van der Waals surface area contributed by atoms with Crippen molar-refractivity contribution in [1.29, 1.82) is 0 Å². The fourth-order valence-electron chi connectivity index (χ4n) is 4.04. The predicted octanol–water partition coefficient (Wildman–Crippen LogP) is 1.73. The molecule has 0 radical (unpaired) electrons. The van der Waals surface area contributed by atoms with Gasteiger partial charge in [0, 0.05) is 6.07 Å². The average Bonchev–Trinajstić information content (AvgIpc) is 3.22. The first kappa shape index (κ1) is 16.2. The Bertz CT molecular complexity index is 809. The van der Waals surface area contributed by atoms with Crippen LogP contribution in [0.3, 0.4) is 0 Å². The summed E-state index contributed by atoms with van der Waals surface area (Å²) >= 11 is 6.20. The molecule has 4 rings (SSSR count). The Balaban J connectivity index is 1.77. The molecule has 2 bridgehead atoms. The number of hydrogen-bond acceptors (Lipinski definition) is 5. The van der Waals surface area contributed by atoms with E-state index in [1.54, 1.807) is 24.3 Å². The third kappa shape index (κ3) is 2.09. The van der Waals surface area contributed by atoms with Crippen LogP contribution in [0.4, 0.5) is 5.69 Å². The number of carboxylic acid groups (broad SMARTS) is 1. The van der Waals surface area contributed by atoms with Gasteiger partial charge in [-0.2, -0.15) is 0 Å². The Morgan fingerprint density at radius 3 is 2.72 bits per heavy atom. The molecule has 8 heteroatoms. The third-order valence-corrected chi connectivity index (χ3v) is 5.42. The van der Waals surface area contributed by atoms with E-state index in [1.807, 2.05) is 0 Å². The number of hydrogen-bond donors (Lipinski definition) is 1. The number of fused-ring (bicyclic) bond motifs is 1. The maximum Gasteiger partial charge on any atom is 0.310 e. The molecule has 3 aliphatic rings. The number of carbonyl (C=O) groups is 2. The number of ether oxygens (including phenoxy) is 3. The van der Waals surface area contributed by atoms with Gasteiger partial charge in [0.05, 0.1) is 43.5 Å². The zero-order valence-electron chi connectivity index (χ0n) is 13.6. The van der Waals surface area contributed by atoms with Crippen LogP contribution in [0.1, 0.15) is 0 Å². The number of methoxy groups -OCH3 is 2. The normalized spacial score (nSPS) is 32.2. The number of anilines is 1. The lowest BCUT2D eigenvalue weighted by molar-refractivity contribution is -0.146. The van der Waals surface area contributed by atoms with Crippen LogP contribution < -0.4 is 14.4 Å². The van der Waals surface area contributed by atoms with Crippen molar-refractivity contribution in [1.82, 2.24) is 0 Å². The summed E-state index contributed by atoms with van der Waals surface area (Å²) in [6.45, 7) is 0.215. The van der Waals surface area contributed by atoms with Gasteiger partial charge in [-0.3, -0.25) is 9.59 Å². The van der Waals surface area contributed by atoms with Gasteiger partial charge in [-0.1, -0.05) is 23.8 Å². The van der Waals surface area contributed by atoms with Gasteiger partial charge in [-0.15, -0.1) is 0 Å². The van der Waals surface area contributed by atoms with Crippen molar-refractivity contribution in [3.05, 3.63) is 29.3 Å². The molecule has 1 aromatic carbocycles. The number of rotatable bonds is 4. The van der Waals surface area contributed by atoms with Crippen LogP contribution in [-0.2, 0) is 14.3 Å².